The smallest absolute Gasteiger partial charge is 0.129 e. The molecule has 0 atom stereocenters. The first kappa shape index (κ1) is 11.4. The first-order chi connectivity index (χ1) is 7.74. The summed E-state index contributed by atoms with van der Waals surface area (Å²) < 4.78 is 0.973. The molecule has 0 unspecified atom stereocenters. The Kier molecular flexibility index (Phi) is 3.74. The van der Waals surface area contributed by atoms with Crippen LogP contribution in [0.1, 0.15) is 5.56 Å². The molecule has 5 heteroatoms. The highest BCUT2D eigenvalue weighted by atomic mass is 79.9. The lowest BCUT2D eigenvalue weighted by atomic mass is 10.3. The van der Waals surface area contributed by atoms with Crippen LogP contribution in [-0.4, -0.2) is 9.97 Å². The van der Waals surface area contributed by atoms with Gasteiger partial charge in [0, 0.05) is 23.4 Å². The predicted molar refractivity (Wildman–Crippen MR) is 68.5 cm³/mol. The zero-order chi connectivity index (χ0) is 11.4. The second-order valence-corrected chi connectivity index (χ2v) is 4.54. The first-order valence-electron chi connectivity index (χ1n) is 4.69. The number of nitrogens with zero attached hydrogens (tertiary/aromatic N) is 2. The molecule has 82 valence electrons. The normalized spacial score (nSPS) is 10.1. The van der Waals surface area contributed by atoms with Crippen molar-refractivity contribution >= 4 is 33.2 Å². The summed E-state index contributed by atoms with van der Waals surface area (Å²) in [6, 6.07) is 5.66. The molecular weight excluding hydrogens is 289 g/mol. The Balaban J connectivity index is 1.99. The van der Waals surface area contributed by atoms with E-state index in [1.54, 1.807) is 18.5 Å². The molecule has 0 aliphatic rings. The van der Waals surface area contributed by atoms with Gasteiger partial charge in [0.1, 0.15) is 5.15 Å². The Morgan fingerprint density at radius 2 is 2.12 bits per heavy atom. The lowest BCUT2D eigenvalue weighted by Crippen LogP contribution is -2.00. The Morgan fingerprint density at radius 1 is 1.25 bits per heavy atom. The van der Waals surface area contributed by atoms with Crippen molar-refractivity contribution in [2.45, 2.75) is 6.54 Å². The van der Waals surface area contributed by atoms with Gasteiger partial charge >= 0.3 is 0 Å². The summed E-state index contributed by atoms with van der Waals surface area (Å²) in [5.41, 5.74) is 2.04. The van der Waals surface area contributed by atoms with Crippen LogP contribution in [0.3, 0.4) is 0 Å². The maximum absolute atomic E-state index is 5.69. The number of aromatic nitrogens is 2. The van der Waals surface area contributed by atoms with E-state index in [0.717, 1.165) is 15.7 Å². The van der Waals surface area contributed by atoms with Crippen molar-refractivity contribution in [1.82, 2.24) is 9.97 Å². The van der Waals surface area contributed by atoms with Crippen LogP contribution in [0, 0.1) is 0 Å². The summed E-state index contributed by atoms with van der Waals surface area (Å²) >= 11 is 9.07. The second kappa shape index (κ2) is 5.27. The van der Waals surface area contributed by atoms with E-state index in [-0.39, 0.29) is 0 Å². The molecule has 1 N–H and O–H groups in total. The van der Waals surface area contributed by atoms with E-state index in [1.165, 1.54) is 0 Å². The minimum absolute atomic E-state index is 0.495. The zero-order valence-electron chi connectivity index (χ0n) is 8.32. The van der Waals surface area contributed by atoms with Crippen molar-refractivity contribution in [3.05, 3.63) is 52.0 Å². The van der Waals surface area contributed by atoms with Crippen molar-refractivity contribution in [2.24, 2.45) is 0 Å². The minimum atomic E-state index is 0.495. The Hall–Kier alpha value is -1.13. The van der Waals surface area contributed by atoms with Gasteiger partial charge in [-0.05, 0) is 39.7 Å². The highest BCUT2D eigenvalue weighted by Crippen LogP contribution is 2.13. The van der Waals surface area contributed by atoms with Gasteiger partial charge < -0.3 is 5.32 Å². The molecule has 2 aromatic rings. The number of rotatable bonds is 3. The van der Waals surface area contributed by atoms with Gasteiger partial charge in [0.05, 0.1) is 11.9 Å². The summed E-state index contributed by atoms with van der Waals surface area (Å²) in [4.78, 5) is 8.07. The largest absolute Gasteiger partial charge is 0.380 e. The number of hydrogen-bond acceptors (Lipinski definition) is 3. The molecular formula is C11H9BrClN3. The number of anilines is 1. The van der Waals surface area contributed by atoms with E-state index in [9.17, 15) is 0 Å². The summed E-state index contributed by atoms with van der Waals surface area (Å²) in [6.07, 6.45) is 5.28. The molecule has 0 radical (unpaired) electrons. The molecule has 0 saturated heterocycles. The van der Waals surface area contributed by atoms with E-state index in [0.29, 0.717) is 11.7 Å². The van der Waals surface area contributed by atoms with Crippen LogP contribution in [0.15, 0.2) is 41.3 Å². The van der Waals surface area contributed by atoms with E-state index >= 15 is 0 Å². The Morgan fingerprint density at radius 3 is 2.81 bits per heavy atom. The van der Waals surface area contributed by atoms with Gasteiger partial charge in [0.15, 0.2) is 0 Å². The highest BCUT2D eigenvalue weighted by Gasteiger charge is 1.96. The molecule has 2 aromatic heterocycles. The number of hydrogen-bond donors (Lipinski definition) is 1. The van der Waals surface area contributed by atoms with E-state index in [4.69, 9.17) is 11.6 Å². The van der Waals surface area contributed by atoms with Crippen LogP contribution in [0.25, 0.3) is 0 Å². The van der Waals surface area contributed by atoms with Gasteiger partial charge in [-0.1, -0.05) is 11.6 Å². The van der Waals surface area contributed by atoms with Gasteiger partial charge in [-0.2, -0.15) is 0 Å². The van der Waals surface area contributed by atoms with Gasteiger partial charge in [-0.15, -0.1) is 0 Å². The highest BCUT2D eigenvalue weighted by molar-refractivity contribution is 9.10. The Bertz CT molecular complexity index is 473. The average Bonchev–Trinajstić information content (AvgIpc) is 2.28. The van der Waals surface area contributed by atoms with Crippen LogP contribution >= 0.6 is 27.5 Å². The monoisotopic (exact) mass is 297 g/mol. The van der Waals surface area contributed by atoms with Crippen molar-refractivity contribution < 1.29 is 0 Å². The van der Waals surface area contributed by atoms with Crippen molar-refractivity contribution in [3.63, 3.8) is 0 Å². The van der Waals surface area contributed by atoms with Gasteiger partial charge in [0.25, 0.3) is 0 Å². The molecule has 0 fully saturated rings. The molecule has 16 heavy (non-hydrogen) atoms. The number of halogens is 2. The fourth-order valence-corrected chi connectivity index (χ4v) is 1.76. The van der Waals surface area contributed by atoms with Gasteiger partial charge in [-0.25, -0.2) is 4.98 Å². The van der Waals surface area contributed by atoms with Gasteiger partial charge in [0.2, 0.25) is 0 Å². The minimum Gasteiger partial charge on any atom is -0.380 e. The van der Waals surface area contributed by atoms with Crippen LogP contribution < -0.4 is 5.32 Å². The van der Waals surface area contributed by atoms with Crippen LogP contribution in [-0.2, 0) is 6.54 Å². The molecule has 0 aromatic carbocycles. The number of nitrogens with one attached hydrogen (secondary N) is 1. The van der Waals surface area contributed by atoms with Gasteiger partial charge in [-0.3, -0.25) is 4.98 Å². The van der Waals surface area contributed by atoms with Crippen LogP contribution in [0.2, 0.25) is 5.15 Å². The second-order valence-electron chi connectivity index (χ2n) is 3.23. The molecule has 2 heterocycles. The Labute approximate surface area is 107 Å². The van der Waals surface area contributed by atoms with Crippen molar-refractivity contribution in [1.29, 1.82) is 0 Å². The standard InChI is InChI=1S/C11H9BrClN3/c12-9-3-8(4-14-6-9)5-15-10-1-2-11(13)16-7-10/h1-4,6-7,15H,5H2. The SMILES string of the molecule is Clc1ccc(NCc2cncc(Br)c2)cn1. The van der Waals surface area contributed by atoms with E-state index < -0.39 is 0 Å². The topological polar surface area (TPSA) is 37.8 Å². The molecule has 0 aliphatic heterocycles. The fraction of sp³-hybridized carbons (Fsp3) is 0.0909. The lowest BCUT2D eigenvalue weighted by Gasteiger charge is -2.05. The molecule has 0 saturated carbocycles. The molecule has 0 bridgehead atoms. The fourth-order valence-electron chi connectivity index (χ4n) is 1.24. The summed E-state index contributed by atoms with van der Waals surface area (Å²) in [7, 11) is 0. The maximum atomic E-state index is 5.69. The summed E-state index contributed by atoms with van der Waals surface area (Å²) in [5.74, 6) is 0. The van der Waals surface area contributed by atoms with E-state index in [2.05, 4.69) is 31.2 Å². The molecule has 0 spiro atoms. The lowest BCUT2D eigenvalue weighted by molar-refractivity contribution is 1.10. The molecule has 0 aliphatic carbocycles. The first-order valence-corrected chi connectivity index (χ1v) is 5.86. The number of pyridine rings is 2. The zero-order valence-corrected chi connectivity index (χ0v) is 10.7. The third-order valence-corrected chi connectivity index (χ3v) is 2.64. The average molecular weight is 299 g/mol. The third-order valence-electron chi connectivity index (χ3n) is 1.99. The summed E-state index contributed by atoms with van der Waals surface area (Å²) in [5, 5.41) is 3.73. The molecule has 3 nitrogen and oxygen atoms in total. The molecule has 0 amide bonds. The third kappa shape index (κ3) is 3.18. The van der Waals surface area contributed by atoms with E-state index in [1.807, 2.05) is 18.3 Å². The van der Waals surface area contributed by atoms with Crippen LogP contribution in [0.5, 0.6) is 0 Å². The summed E-state index contributed by atoms with van der Waals surface area (Å²) in [6.45, 7) is 0.704. The van der Waals surface area contributed by atoms with Crippen LogP contribution in [0.4, 0.5) is 5.69 Å². The predicted octanol–water partition coefficient (Wildman–Crippen LogP) is 3.50. The van der Waals surface area contributed by atoms with Crippen molar-refractivity contribution in [2.75, 3.05) is 5.32 Å². The quantitative estimate of drug-likeness (QED) is 0.881. The molecule has 2 rings (SSSR count). The van der Waals surface area contributed by atoms with Crippen molar-refractivity contribution in [3.8, 4) is 0 Å². The maximum Gasteiger partial charge on any atom is 0.129 e.